The molecule has 0 bridgehead atoms. The lowest BCUT2D eigenvalue weighted by Crippen LogP contribution is -2.26. The summed E-state index contributed by atoms with van der Waals surface area (Å²) < 4.78 is 5.69. The molecule has 2 rings (SSSR count). The molecule has 0 fully saturated rings. The van der Waals surface area contributed by atoms with E-state index in [1.165, 1.54) is 0 Å². The number of nitriles is 1. The van der Waals surface area contributed by atoms with E-state index in [4.69, 9.17) is 4.74 Å². The summed E-state index contributed by atoms with van der Waals surface area (Å²) in [6.07, 6.45) is 0. The fourth-order valence-electron chi connectivity index (χ4n) is 1.97. The maximum Gasteiger partial charge on any atom is 0.297 e. The summed E-state index contributed by atoms with van der Waals surface area (Å²) in [6, 6.07) is 18.2. The van der Waals surface area contributed by atoms with Crippen molar-refractivity contribution in [1.29, 1.82) is 5.26 Å². The van der Waals surface area contributed by atoms with Gasteiger partial charge in [0, 0.05) is 0 Å². The molecule has 2 aromatic rings. The molecule has 2 aromatic carbocycles. The van der Waals surface area contributed by atoms with Gasteiger partial charge < -0.3 is 10.1 Å². The Morgan fingerprint density at radius 1 is 1.17 bits per heavy atom. The Hall–Kier alpha value is -3.24. The van der Waals surface area contributed by atoms with Crippen LogP contribution in [-0.2, 0) is 11.4 Å². The van der Waals surface area contributed by atoms with Gasteiger partial charge >= 0.3 is 0 Å². The van der Waals surface area contributed by atoms with Crippen molar-refractivity contribution in [3.63, 3.8) is 0 Å². The van der Waals surface area contributed by atoms with Crippen molar-refractivity contribution < 1.29 is 9.53 Å². The summed E-state index contributed by atoms with van der Waals surface area (Å²) in [6.45, 7) is 2.05. The van der Waals surface area contributed by atoms with E-state index in [9.17, 15) is 10.1 Å². The number of benzene rings is 2. The minimum Gasteiger partial charge on any atom is -0.489 e. The molecular weight excluding hydrogens is 288 g/mol. The molecule has 4 heteroatoms. The van der Waals surface area contributed by atoms with Crippen LogP contribution in [0.3, 0.4) is 0 Å². The first kappa shape index (κ1) is 16.1. The fourth-order valence-corrected chi connectivity index (χ4v) is 1.97. The predicted octanol–water partition coefficient (Wildman–Crippen LogP) is 2.97. The van der Waals surface area contributed by atoms with Crippen LogP contribution in [0.15, 0.2) is 54.6 Å². The Bertz CT molecular complexity index is 750. The van der Waals surface area contributed by atoms with Crippen LogP contribution in [0, 0.1) is 23.2 Å². The topological polar surface area (TPSA) is 62.1 Å². The highest BCUT2D eigenvalue weighted by molar-refractivity contribution is 5.93. The van der Waals surface area contributed by atoms with Crippen molar-refractivity contribution in [2.75, 3.05) is 0 Å². The third kappa shape index (κ3) is 4.91. The van der Waals surface area contributed by atoms with Gasteiger partial charge in [0.15, 0.2) is 0 Å². The normalized spacial score (nSPS) is 10.6. The second-order valence-electron chi connectivity index (χ2n) is 4.75. The first-order valence-corrected chi connectivity index (χ1v) is 7.12. The molecule has 23 heavy (non-hydrogen) atoms. The van der Waals surface area contributed by atoms with E-state index in [2.05, 4.69) is 17.2 Å². The number of ether oxygens (including phenoxy) is 1. The lowest BCUT2D eigenvalue weighted by atomic mass is 10.1. The number of hydrogen-bond donors (Lipinski definition) is 1. The zero-order chi connectivity index (χ0) is 16.5. The molecule has 0 aliphatic rings. The molecule has 0 aliphatic heterocycles. The Kier molecular flexibility index (Phi) is 5.80. The average Bonchev–Trinajstić information content (AvgIpc) is 2.59. The lowest BCUT2D eigenvalue weighted by molar-refractivity contribution is -0.116. The van der Waals surface area contributed by atoms with Crippen LogP contribution >= 0.6 is 0 Å². The zero-order valence-corrected chi connectivity index (χ0v) is 12.7. The molecule has 0 saturated heterocycles. The van der Waals surface area contributed by atoms with E-state index in [-0.39, 0.29) is 0 Å². The first-order chi connectivity index (χ1) is 11.2. The maximum absolute atomic E-state index is 11.5. The summed E-state index contributed by atoms with van der Waals surface area (Å²) in [5.41, 5.74) is 1.77. The SMILES string of the molecule is CC#CC(=O)NC(C#N)c1ccc(OCc2ccccc2)cc1. The van der Waals surface area contributed by atoms with Crippen molar-refractivity contribution in [3.05, 3.63) is 65.7 Å². The van der Waals surface area contributed by atoms with Gasteiger partial charge in [0.25, 0.3) is 5.91 Å². The van der Waals surface area contributed by atoms with Crippen LogP contribution in [0.5, 0.6) is 5.75 Å². The Balaban J connectivity index is 1.98. The van der Waals surface area contributed by atoms with Gasteiger partial charge in [-0.1, -0.05) is 48.4 Å². The fraction of sp³-hybridized carbons (Fsp3) is 0.158. The van der Waals surface area contributed by atoms with Gasteiger partial charge in [-0.15, -0.1) is 0 Å². The summed E-state index contributed by atoms with van der Waals surface area (Å²) in [5, 5.41) is 11.7. The molecule has 1 N–H and O–H groups in total. The van der Waals surface area contributed by atoms with Crippen LogP contribution in [0.25, 0.3) is 0 Å². The van der Waals surface area contributed by atoms with E-state index in [0.29, 0.717) is 17.9 Å². The third-order valence-electron chi connectivity index (χ3n) is 3.10. The second-order valence-corrected chi connectivity index (χ2v) is 4.75. The smallest absolute Gasteiger partial charge is 0.297 e. The highest BCUT2D eigenvalue weighted by Gasteiger charge is 2.12. The summed E-state index contributed by atoms with van der Waals surface area (Å²) >= 11 is 0. The van der Waals surface area contributed by atoms with Gasteiger partial charge in [0.2, 0.25) is 0 Å². The van der Waals surface area contributed by atoms with Crippen LogP contribution < -0.4 is 10.1 Å². The number of carbonyl (C=O) groups excluding carboxylic acids is 1. The molecule has 0 radical (unpaired) electrons. The summed E-state index contributed by atoms with van der Waals surface area (Å²) in [4.78, 5) is 11.5. The van der Waals surface area contributed by atoms with Crippen LogP contribution in [0.2, 0.25) is 0 Å². The number of nitrogens with zero attached hydrogens (tertiary/aromatic N) is 1. The van der Waals surface area contributed by atoms with Gasteiger partial charge in [-0.25, -0.2) is 0 Å². The van der Waals surface area contributed by atoms with Crippen molar-refractivity contribution in [2.24, 2.45) is 0 Å². The van der Waals surface area contributed by atoms with E-state index in [1.54, 1.807) is 31.2 Å². The van der Waals surface area contributed by atoms with Crippen LogP contribution in [-0.4, -0.2) is 5.91 Å². The average molecular weight is 304 g/mol. The van der Waals surface area contributed by atoms with Crippen LogP contribution in [0.1, 0.15) is 24.1 Å². The van der Waals surface area contributed by atoms with Crippen molar-refractivity contribution >= 4 is 5.91 Å². The predicted molar refractivity (Wildman–Crippen MR) is 87.2 cm³/mol. The van der Waals surface area contributed by atoms with Crippen molar-refractivity contribution in [2.45, 2.75) is 19.6 Å². The highest BCUT2D eigenvalue weighted by Crippen LogP contribution is 2.18. The van der Waals surface area contributed by atoms with Crippen molar-refractivity contribution in [1.82, 2.24) is 5.32 Å². The standard InChI is InChI=1S/C19H16N2O2/c1-2-6-19(22)21-18(13-20)16-9-11-17(12-10-16)23-14-15-7-4-3-5-8-15/h3-5,7-12,18H,14H2,1H3,(H,21,22). The molecule has 114 valence electrons. The lowest BCUT2D eigenvalue weighted by Gasteiger charge is -2.11. The Labute approximate surface area is 135 Å². The number of nitrogens with one attached hydrogen (secondary N) is 1. The van der Waals surface area contributed by atoms with Gasteiger partial charge in [-0.2, -0.15) is 5.26 Å². The summed E-state index contributed by atoms with van der Waals surface area (Å²) in [5.74, 6) is 5.09. The van der Waals surface area contributed by atoms with Gasteiger partial charge in [0.05, 0.1) is 6.07 Å². The molecule has 1 amide bonds. The second kappa shape index (κ2) is 8.26. The monoisotopic (exact) mass is 304 g/mol. The summed E-state index contributed by atoms with van der Waals surface area (Å²) in [7, 11) is 0. The Morgan fingerprint density at radius 3 is 2.48 bits per heavy atom. The molecule has 0 heterocycles. The van der Waals surface area contributed by atoms with E-state index in [1.807, 2.05) is 36.4 Å². The molecule has 1 unspecified atom stereocenters. The molecule has 0 saturated carbocycles. The molecular formula is C19H16N2O2. The van der Waals surface area contributed by atoms with Gasteiger partial charge in [-0.3, -0.25) is 4.79 Å². The third-order valence-corrected chi connectivity index (χ3v) is 3.10. The minimum absolute atomic E-state index is 0.469. The van der Waals surface area contributed by atoms with E-state index >= 15 is 0 Å². The molecule has 0 spiro atoms. The van der Waals surface area contributed by atoms with Gasteiger partial charge in [0.1, 0.15) is 18.4 Å². The van der Waals surface area contributed by atoms with E-state index in [0.717, 1.165) is 5.56 Å². The number of amides is 1. The quantitative estimate of drug-likeness (QED) is 0.864. The van der Waals surface area contributed by atoms with E-state index < -0.39 is 11.9 Å². The zero-order valence-electron chi connectivity index (χ0n) is 12.7. The maximum atomic E-state index is 11.5. The number of carbonyl (C=O) groups is 1. The molecule has 4 nitrogen and oxygen atoms in total. The molecule has 0 aromatic heterocycles. The Morgan fingerprint density at radius 2 is 1.87 bits per heavy atom. The molecule has 0 aliphatic carbocycles. The largest absolute Gasteiger partial charge is 0.489 e. The first-order valence-electron chi connectivity index (χ1n) is 7.12. The van der Waals surface area contributed by atoms with Crippen LogP contribution in [0.4, 0.5) is 0 Å². The number of rotatable bonds is 5. The highest BCUT2D eigenvalue weighted by atomic mass is 16.5. The van der Waals surface area contributed by atoms with Gasteiger partial charge in [-0.05, 0) is 36.1 Å². The number of hydrogen-bond acceptors (Lipinski definition) is 3. The van der Waals surface area contributed by atoms with Crippen molar-refractivity contribution in [3.8, 4) is 23.7 Å². The minimum atomic E-state index is -0.730. The molecule has 1 atom stereocenters.